The van der Waals surface area contributed by atoms with Crippen LogP contribution in [0.1, 0.15) is 16.8 Å². The maximum Gasteiger partial charge on any atom is 0.123 e. The summed E-state index contributed by atoms with van der Waals surface area (Å²) in [6.07, 6.45) is 0.960. The van der Waals surface area contributed by atoms with Gasteiger partial charge in [-0.15, -0.1) is 0 Å². The summed E-state index contributed by atoms with van der Waals surface area (Å²) >= 11 is 1.73. The number of nitrogens with zero attached hydrogens (tertiary/aromatic N) is 2. The van der Waals surface area contributed by atoms with E-state index in [9.17, 15) is 4.39 Å². The van der Waals surface area contributed by atoms with Gasteiger partial charge < -0.3 is 0 Å². The molecule has 1 aliphatic rings. The molecule has 0 spiro atoms. The van der Waals surface area contributed by atoms with Crippen LogP contribution in [0.5, 0.6) is 0 Å². The van der Waals surface area contributed by atoms with E-state index in [1.807, 2.05) is 6.07 Å². The Hall–Kier alpha value is -1.98. The number of H-pyrrole nitrogens is 1. The van der Waals surface area contributed by atoms with E-state index in [1.165, 1.54) is 22.9 Å². The van der Waals surface area contributed by atoms with Gasteiger partial charge in [-0.25, -0.2) is 4.39 Å². The second-order valence-electron chi connectivity index (χ2n) is 5.63. The molecule has 3 aromatic rings. The van der Waals surface area contributed by atoms with E-state index in [0.717, 1.165) is 37.3 Å². The van der Waals surface area contributed by atoms with Crippen LogP contribution < -0.4 is 0 Å². The molecule has 5 heteroatoms. The average molecular weight is 313 g/mol. The number of nitrogens with one attached hydrogen (secondary N) is 1. The van der Waals surface area contributed by atoms with Crippen LogP contribution >= 0.6 is 11.3 Å². The van der Waals surface area contributed by atoms with Gasteiger partial charge in [0.2, 0.25) is 0 Å². The first-order valence-corrected chi connectivity index (χ1v) is 8.29. The Labute approximate surface area is 132 Å². The Morgan fingerprint density at radius 2 is 2.27 bits per heavy atom. The number of aromatic nitrogens is 2. The molecule has 0 unspecified atom stereocenters. The minimum absolute atomic E-state index is 0.222. The normalized spacial score (nSPS) is 15.0. The van der Waals surface area contributed by atoms with Gasteiger partial charge in [-0.3, -0.25) is 10.00 Å². The fourth-order valence-corrected chi connectivity index (χ4v) is 3.66. The maximum absolute atomic E-state index is 13.5. The highest BCUT2D eigenvalue weighted by Crippen LogP contribution is 2.29. The van der Waals surface area contributed by atoms with Crippen molar-refractivity contribution in [3.05, 3.63) is 63.7 Å². The molecule has 0 radical (unpaired) electrons. The monoisotopic (exact) mass is 313 g/mol. The van der Waals surface area contributed by atoms with Crippen molar-refractivity contribution >= 4 is 11.3 Å². The molecule has 0 saturated carbocycles. The summed E-state index contributed by atoms with van der Waals surface area (Å²) in [5.74, 6) is -0.222. The van der Waals surface area contributed by atoms with Crippen LogP contribution in [0, 0.1) is 5.82 Å². The third-order valence-electron chi connectivity index (χ3n) is 4.10. The molecule has 0 bridgehead atoms. The van der Waals surface area contributed by atoms with Crippen molar-refractivity contribution in [1.82, 2.24) is 15.1 Å². The van der Waals surface area contributed by atoms with Gasteiger partial charge in [-0.2, -0.15) is 16.4 Å². The van der Waals surface area contributed by atoms with Crippen molar-refractivity contribution in [2.45, 2.75) is 19.5 Å². The number of aromatic amines is 1. The predicted octanol–water partition coefficient (Wildman–Crippen LogP) is 3.84. The van der Waals surface area contributed by atoms with Gasteiger partial charge in [0.05, 0.1) is 5.69 Å². The standard InChI is InChI=1S/C17H16FN3S/c18-14-3-1-2-13(8-14)17-15-10-21(6-4-16(15)19-20-17)9-12-5-7-22-11-12/h1-3,5,7-8,11H,4,6,9-10H2,(H,19,20). The lowest BCUT2D eigenvalue weighted by Gasteiger charge is -2.26. The highest BCUT2D eigenvalue weighted by atomic mass is 32.1. The number of rotatable bonds is 3. The van der Waals surface area contributed by atoms with E-state index in [2.05, 4.69) is 31.9 Å². The van der Waals surface area contributed by atoms with Crippen molar-refractivity contribution in [2.75, 3.05) is 6.54 Å². The highest BCUT2D eigenvalue weighted by molar-refractivity contribution is 7.07. The summed E-state index contributed by atoms with van der Waals surface area (Å²) in [5, 5.41) is 11.9. The smallest absolute Gasteiger partial charge is 0.123 e. The van der Waals surface area contributed by atoms with Gasteiger partial charge in [-0.05, 0) is 34.5 Å². The Morgan fingerprint density at radius 1 is 1.32 bits per heavy atom. The molecule has 0 atom stereocenters. The lowest BCUT2D eigenvalue weighted by Crippen LogP contribution is -2.29. The van der Waals surface area contributed by atoms with Crippen molar-refractivity contribution in [1.29, 1.82) is 0 Å². The van der Waals surface area contributed by atoms with E-state index < -0.39 is 0 Å². The van der Waals surface area contributed by atoms with E-state index in [4.69, 9.17) is 0 Å². The van der Waals surface area contributed by atoms with E-state index in [0.29, 0.717) is 0 Å². The third kappa shape index (κ3) is 2.58. The Morgan fingerprint density at radius 3 is 3.09 bits per heavy atom. The van der Waals surface area contributed by atoms with Crippen LogP contribution in [-0.2, 0) is 19.5 Å². The summed E-state index contributed by atoms with van der Waals surface area (Å²) in [6, 6.07) is 8.83. The molecular formula is C17H16FN3S. The molecule has 0 fully saturated rings. The second-order valence-corrected chi connectivity index (χ2v) is 6.41. The lowest BCUT2D eigenvalue weighted by atomic mass is 10.0. The van der Waals surface area contributed by atoms with Gasteiger partial charge >= 0.3 is 0 Å². The molecule has 0 saturated heterocycles. The number of fused-ring (bicyclic) bond motifs is 1. The summed E-state index contributed by atoms with van der Waals surface area (Å²) in [7, 11) is 0. The quantitative estimate of drug-likeness (QED) is 0.797. The molecule has 3 heterocycles. The predicted molar refractivity (Wildman–Crippen MR) is 86.1 cm³/mol. The van der Waals surface area contributed by atoms with Gasteiger partial charge in [0.1, 0.15) is 5.82 Å². The molecule has 0 aliphatic carbocycles. The topological polar surface area (TPSA) is 31.9 Å². The molecule has 22 heavy (non-hydrogen) atoms. The van der Waals surface area contributed by atoms with Gasteiger partial charge in [0.25, 0.3) is 0 Å². The Kier molecular flexibility index (Phi) is 3.52. The first kappa shape index (κ1) is 13.7. The Balaban J connectivity index is 1.62. The SMILES string of the molecule is Fc1cccc(-c2n[nH]c3c2CN(Cc2ccsc2)CC3)c1. The molecule has 3 nitrogen and oxygen atoms in total. The highest BCUT2D eigenvalue weighted by Gasteiger charge is 2.23. The molecule has 0 amide bonds. The molecular weight excluding hydrogens is 297 g/mol. The van der Waals surface area contributed by atoms with Crippen molar-refractivity contribution in [3.63, 3.8) is 0 Å². The zero-order valence-corrected chi connectivity index (χ0v) is 12.9. The third-order valence-corrected chi connectivity index (χ3v) is 4.83. The van der Waals surface area contributed by atoms with Crippen molar-refractivity contribution in [3.8, 4) is 11.3 Å². The van der Waals surface area contributed by atoms with Crippen LogP contribution in [0.2, 0.25) is 0 Å². The van der Waals surface area contributed by atoms with Gasteiger partial charge in [0.15, 0.2) is 0 Å². The van der Waals surface area contributed by atoms with Crippen LogP contribution in [0.3, 0.4) is 0 Å². The first-order chi connectivity index (χ1) is 10.8. The summed E-state index contributed by atoms with van der Waals surface area (Å²) in [6.45, 7) is 2.83. The van der Waals surface area contributed by atoms with Crippen molar-refractivity contribution in [2.24, 2.45) is 0 Å². The van der Waals surface area contributed by atoms with E-state index >= 15 is 0 Å². The fraction of sp³-hybridized carbons (Fsp3) is 0.235. The second kappa shape index (κ2) is 5.66. The zero-order valence-electron chi connectivity index (χ0n) is 12.1. The number of thiophene rings is 1. The van der Waals surface area contributed by atoms with E-state index in [-0.39, 0.29) is 5.82 Å². The molecule has 112 valence electrons. The first-order valence-electron chi connectivity index (χ1n) is 7.35. The average Bonchev–Trinajstić information content (AvgIpc) is 3.16. The maximum atomic E-state index is 13.5. The molecule has 2 aromatic heterocycles. The molecule has 4 rings (SSSR count). The van der Waals surface area contributed by atoms with Gasteiger partial charge in [-0.1, -0.05) is 12.1 Å². The number of halogens is 1. The summed E-state index contributed by atoms with van der Waals surface area (Å²) in [5.41, 5.74) is 5.46. The fourth-order valence-electron chi connectivity index (χ4n) is 3.00. The molecule has 1 N–H and O–H groups in total. The minimum atomic E-state index is -0.222. The van der Waals surface area contributed by atoms with E-state index in [1.54, 1.807) is 23.5 Å². The minimum Gasteiger partial charge on any atom is -0.294 e. The number of hydrogen-bond donors (Lipinski definition) is 1. The number of hydrogen-bond acceptors (Lipinski definition) is 3. The van der Waals surface area contributed by atoms with Crippen LogP contribution in [-0.4, -0.2) is 21.6 Å². The number of benzene rings is 1. The molecule has 1 aromatic carbocycles. The summed E-state index contributed by atoms with van der Waals surface area (Å²) in [4.78, 5) is 2.42. The zero-order chi connectivity index (χ0) is 14.9. The lowest BCUT2D eigenvalue weighted by molar-refractivity contribution is 0.245. The van der Waals surface area contributed by atoms with Crippen LogP contribution in [0.4, 0.5) is 4.39 Å². The Bertz CT molecular complexity index is 779. The summed E-state index contributed by atoms with van der Waals surface area (Å²) < 4.78 is 13.5. The van der Waals surface area contributed by atoms with Crippen LogP contribution in [0.15, 0.2) is 41.1 Å². The largest absolute Gasteiger partial charge is 0.294 e. The van der Waals surface area contributed by atoms with Crippen LogP contribution in [0.25, 0.3) is 11.3 Å². The molecule has 1 aliphatic heterocycles. The van der Waals surface area contributed by atoms with Gasteiger partial charge in [0, 0.05) is 42.9 Å². The van der Waals surface area contributed by atoms with Crippen molar-refractivity contribution < 1.29 is 4.39 Å².